The first-order valence-electron chi connectivity index (χ1n) is 5.46. The summed E-state index contributed by atoms with van der Waals surface area (Å²) in [6.45, 7) is 6.58. The maximum atomic E-state index is 4.46. The Balaban J connectivity index is 2.75. The van der Waals surface area contributed by atoms with Gasteiger partial charge in [-0.1, -0.05) is 6.92 Å². The number of thiazole rings is 1. The van der Waals surface area contributed by atoms with Crippen LogP contribution in [0.3, 0.4) is 0 Å². The van der Waals surface area contributed by atoms with Gasteiger partial charge in [-0.25, -0.2) is 4.98 Å². The van der Waals surface area contributed by atoms with Gasteiger partial charge in [-0.05, 0) is 27.3 Å². The maximum absolute atomic E-state index is 4.46. The molecule has 1 heterocycles. The molecular formula is C11H21N3S. The first kappa shape index (κ1) is 12.5. The largest absolute Gasteiger partial charge is 0.348 e. The van der Waals surface area contributed by atoms with E-state index in [0.717, 1.165) is 11.6 Å². The molecule has 2 unspecified atom stereocenters. The van der Waals surface area contributed by atoms with Crippen LogP contribution >= 0.6 is 11.3 Å². The molecule has 0 aliphatic carbocycles. The molecule has 0 spiro atoms. The summed E-state index contributed by atoms with van der Waals surface area (Å²) >= 11 is 1.77. The zero-order valence-electron chi connectivity index (χ0n) is 10.2. The van der Waals surface area contributed by atoms with Crippen molar-refractivity contribution in [2.75, 3.05) is 19.0 Å². The van der Waals surface area contributed by atoms with Gasteiger partial charge in [0.05, 0.1) is 0 Å². The average Bonchev–Trinajstić information content (AvgIpc) is 2.75. The normalized spacial score (nSPS) is 15.0. The molecule has 3 nitrogen and oxygen atoms in total. The van der Waals surface area contributed by atoms with E-state index in [1.165, 1.54) is 4.88 Å². The van der Waals surface area contributed by atoms with Crippen molar-refractivity contribution in [3.05, 3.63) is 11.1 Å². The highest BCUT2D eigenvalue weighted by atomic mass is 32.1. The summed E-state index contributed by atoms with van der Waals surface area (Å²) in [6.07, 6.45) is 3.12. The molecule has 0 bridgehead atoms. The first-order valence-corrected chi connectivity index (χ1v) is 6.27. The zero-order chi connectivity index (χ0) is 11.4. The summed E-state index contributed by atoms with van der Waals surface area (Å²) in [5, 5.41) is 4.34. The van der Waals surface area contributed by atoms with Gasteiger partial charge < -0.3 is 10.2 Å². The van der Waals surface area contributed by atoms with Crippen molar-refractivity contribution in [1.82, 2.24) is 10.3 Å². The molecule has 1 aromatic rings. The topological polar surface area (TPSA) is 28.2 Å². The lowest BCUT2D eigenvalue weighted by atomic mass is 10.2. The Kier molecular flexibility index (Phi) is 4.54. The van der Waals surface area contributed by atoms with E-state index >= 15 is 0 Å². The Morgan fingerprint density at radius 3 is 2.73 bits per heavy atom. The van der Waals surface area contributed by atoms with E-state index < -0.39 is 0 Å². The highest BCUT2D eigenvalue weighted by Crippen LogP contribution is 2.27. The summed E-state index contributed by atoms with van der Waals surface area (Å²) in [5.74, 6) is 0. The fourth-order valence-corrected chi connectivity index (χ4v) is 2.29. The predicted molar refractivity (Wildman–Crippen MR) is 67.7 cm³/mol. The van der Waals surface area contributed by atoms with Gasteiger partial charge in [0, 0.05) is 30.2 Å². The molecule has 2 atom stereocenters. The summed E-state index contributed by atoms with van der Waals surface area (Å²) < 4.78 is 0. The Hall–Kier alpha value is -0.610. The number of anilines is 1. The zero-order valence-corrected chi connectivity index (χ0v) is 11.1. The monoisotopic (exact) mass is 227 g/mol. The van der Waals surface area contributed by atoms with Crippen molar-refractivity contribution in [3.63, 3.8) is 0 Å². The van der Waals surface area contributed by atoms with Crippen LogP contribution in [0.4, 0.5) is 5.13 Å². The number of hydrogen-bond donors (Lipinski definition) is 1. The second-order valence-electron chi connectivity index (χ2n) is 3.92. The molecule has 0 fully saturated rings. The number of aromatic nitrogens is 1. The molecule has 86 valence electrons. The van der Waals surface area contributed by atoms with E-state index in [0.29, 0.717) is 12.1 Å². The second-order valence-corrected chi connectivity index (χ2v) is 4.96. The van der Waals surface area contributed by atoms with Gasteiger partial charge in [0.15, 0.2) is 5.13 Å². The quantitative estimate of drug-likeness (QED) is 0.838. The van der Waals surface area contributed by atoms with Crippen LogP contribution in [0.25, 0.3) is 0 Å². The van der Waals surface area contributed by atoms with Crippen molar-refractivity contribution in [2.24, 2.45) is 0 Å². The molecule has 0 amide bonds. The Bertz CT molecular complexity index is 298. The third-order valence-corrected chi connectivity index (χ3v) is 4.20. The van der Waals surface area contributed by atoms with Crippen LogP contribution in [0.2, 0.25) is 0 Å². The minimum atomic E-state index is 0.390. The van der Waals surface area contributed by atoms with Crippen LogP contribution in [-0.4, -0.2) is 25.1 Å². The van der Waals surface area contributed by atoms with E-state index in [9.17, 15) is 0 Å². The van der Waals surface area contributed by atoms with Gasteiger partial charge in [-0.15, -0.1) is 11.3 Å². The smallest absolute Gasteiger partial charge is 0.185 e. The molecule has 15 heavy (non-hydrogen) atoms. The minimum absolute atomic E-state index is 0.390. The van der Waals surface area contributed by atoms with Crippen LogP contribution in [0.15, 0.2) is 6.20 Å². The molecule has 1 aromatic heterocycles. The molecule has 0 aromatic carbocycles. The van der Waals surface area contributed by atoms with Gasteiger partial charge in [-0.3, -0.25) is 0 Å². The molecule has 0 saturated heterocycles. The standard InChI is InChI=1S/C11H21N3S/c1-6-8(2)14(5)11-13-7-10(15-11)9(3)12-4/h7-9,12H,6H2,1-5H3. The predicted octanol–water partition coefficient (Wildman–Crippen LogP) is 2.66. The Labute approximate surface area is 96.5 Å². The van der Waals surface area contributed by atoms with E-state index in [4.69, 9.17) is 0 Å². The number of nitrogens with one attached hydrogen (secondary N) is 1. The van der Waals surface area contributed by atoms with E-state index in [1.807, 2.05) is 13.2 Å². The van der Waals surface area contributed by atoms with Crippen molar-refractivity contribution in [2.45, 2.75) is 39.3 Å². The first-order chi connectivity index (χ1) is 7.10. The molecule has 0 radical (unpaired) electrons. The average molecular weight is 227 g/mol. The highest BCUT2D eigenvalue weighted by Gasteiger charge is 2.13. The van der Waals surface area contributed by atoms with Gasteiger partial charge >= 0.3 is 0 Å². The molecular weight excluding hydrogens is 206 g/mol. The molecule has 0 aliphatic heterocycles. The number of nitrogens with zero attached hydrogens (tertiary/aromatic N) is 2. The van der Waals surface area contributed by atoms with Crippen molar-refractivity contribution in [1.29, 1.82) is 0 Å². The molecule has 0 saturated carbocycles. The van der Waals surface area contributed by atoms with Crippen LogP contribution in [-0.2, 0) is 0 Å². The van der Waals surface area contributed by atoms with Crippen LogP contribution in [0.1, 0.15) is 38.1 Å². The van der Waals surface area contributed by atoms with Crippen molar-refractivity contribution >= 4 is 16.5 Å². The van der Waals surface area contributed by atoms with Gasteiger partial charge in [0.2, 0.25) is 0 Å². The number of hydrogen-bond acceptors (Lipinski definition) is 4. The minimum Gasteiger partial charge on any atom is -0.348 e. The van der Waals surface area contributed by atoms with Crippen molar-refractivity contribution in [3.8, 4) is 0 Å². The van der Waals surface area contributed by atoms with E-state index in [2.05, 4.69) is 43.0 Å². The summed E-state index contributed by atoms with van der Waals surface area (Å²) in [6, 6.07) is 0.940. The van der Waals surface area contributed by atoms with Gasteiger partial charge in [0.25, 0.3) is 0 Å². The lowest BCUT2D eigenvalue weighted by molar-refractivity contribution is 0.660. The third-order valence-electron chi connectivity index (χ3n) is 2.92. The summed E-state index contributed by atoms with van der Waals surface area (Å²) in [7, 11) is 4.09. The van der Waals surface area contributed by atoms with E-state index in [1.54, 1.807) is 11.3 Å². The lowest BCUT2D eigenvalue weighted by Gasteiger charge is -2.22. The van der Waals surface area contributed by atoms with Gasteiger partial charge in [0.1, 0.15) is 0 Å². The third kappa shape index (κ3) is 2.92. The Morgan fingerprint density at radius 2 is 2.20 bits per heavy atom. The van der Waals surface area contributed by atoms with E-state index in [-0.39, 0.29) is 0 Å². The van der Waals surface area contributed by atoms with Crippen LogP contribution in [0, 0.1) is 0 Å². The maximum Gasteiger partial charge on any atom is 0.185 e. The van der Waals surface area contributed by atoms with Gasteiger partial charge in [-0.2, -0.15) is 0 Å². The molecule has 1 N–H and O–H groups in total. The second kappa shape index (κ2) is 5.47. The van der Waals surface area contributed by atoms with Crippen LogP contribution in [0.5, 0.6) is 0 Å². The molecule has 1 rings (SSSR count). The van der Waals surface area contributed by atoms with Crippen molar-refractivity contribution < 1.29 is 0 Å². The van der Waals surface area contributed by atoms with Crippen LogP contribution < -0.4 is 10.2 Å². The molecule has 4 heteroatoms. The highest BCUT2D eigenvalue weighted by molar-refractivity contribution is 7.15. The number of rotatable bonds is 5. The fourth-order valence-electron chi connectivity index (χ4n) is 1.24. The summed E-state index contributed by atoms with van der Waals surface area (Å²) in [5.41, 5.74) is 0. The SMILES string of the molecule is CCC(C)N(C)c1ncc(C(C)NC)s1. The fraction of sp³-hybridized carbons (Fsp3) is 0.727. The lowest BCUT2D eigenvalue weighted by Crippen LogP contribution is -2.27. The Morgan fingerprint density at radius 1 is 1.53 bits per heavy atom. The molecule has 0 aliphatic rings. The summed E-state index contributed by atoms with van der Waals surface area (Å²) in [4.78, 5) is 8.00.